The Bertz CT molecular complexity index is 513. The fourth-order valence-corrected chi connectivity index (χ4v) is 3.74. The zero-order valence-corrected chi connectivity index (χ0v) is 11.3. The molecule has 0 saturated carbocycles. The average Bonchev–Trinajstić information content (AvgIpc) is 2.68. The number of ether oxygens (including phenoxy) is 1. The molecule has 1 saturated heterocycles. The number of sulfone groups is 1. The Hall–Kier alpha value is -1.07. The predicted octanol–water partition coefficient (Wildman–Crippen LogP) is 1.66. The van der Waals surface area contributed by atoms with Crippen LogP contribution in [0.2, 0.25) is 0 Å². The zero-order chi connectivity index (χ0) is 13.2. The second-order valence-corrected chi connectivity index (χ2v) is 6.92. The fourth-order valence-electron chi connectivity index (χ4n) is 2.15. The molecule has 1 aromatic carbocycles. The highest BCUT2D eigenvalue weighted by molar-refractivity contribution is 7.91. The van der Waals surface area contributed by atoms with Crippen molar-refractivity contribution in [1.29, 1.82) is 0 Å². The quantitative estimate of drug-likeness (QED) is 0.902. The molecule has 2 N–H and O–H groups in total. The summed E-state index contributed by atoms with van der Waals surface area (Å²) in [4.78, 5) is 0. The lowest BCUT2D eigenvalue weighted by Crippen LogP contribution is -2.20. The van der Waals surface area contributed by atoms with E-state index in [-0.39, 0.29) is 23.7 Å². The number of hydrogen-bond acceptors (Lipinski definition) is 4. The molecule has 0 aromatic heterocycles. The topological polar surface area (TPSA) is 69.4 Å². The summed E-state index contributed by atoms with van der Waals surface area (Å²) in [5, 5.41) is 0. The van der Waals surface area contributed by atoms with Gasteiger partial charge in [0.2, 0.25) is 0 Å². The van der Waals surface area contributed by atoms with Gasteiger partial charge in [0.25, 0.3) is 0 Å². The summed E-state index contributed by atoms with van der Waals surface area (Å²) in [6, 6.07) is 7.52. The van der Waals surface area contributed by atoms with Crippen molar-refractivity contribution in [1.82, 2.24) is 0 Å². The predicted molar refractivity (Wildman–Crippen MR) is 71.3 cm³/mol. The second kappa shape index (κ2) is 5.28. The van der Waals surface area contributed by atoms with Crippen LogP contribution in [0.15, 0.2) is 24.3 Å². The van der Waals surface area contributed by atoms with Gasteiger partial charge in [0.15, 0.2) is 9.84 Å². The number of benzene rings is 1. The number of rotatable bonds is 4. The third kappa shape index (κ3) is 3.03. The zero-order valence-electron chi connectivity index (χ0n) is 10.5. The first kappa shape index (κ1) is 13.4. The molecule has 0 amide bonds. The van der Waals surface area contributed by atoms with Gasteiger partial charge in [-0.15, -0.1) is 0 Å². The summed E-state index contributed by atoms with van der Waals surface area (Å²) < 4.78 is 28.6. The van der Waals surface area contributed by atoms with Gasteiger partial charge in [-0.3, -0.25) is 0 Å². The lowest BCUT2D eigenvalue weighted by molar-refractivity contribution is 0.225. The Morgan fingerprint density at radius 1 is 1.44 bits per heavy atom. The van der Waals surface area contributed by atoms with E-state index in [4.69, 9.17) is 10.5 Å². The van der Waals surface area contributed by atoms with Crippen LogP contribution in [0.1, 0.15) is 31.4 Å². The summed E-state index contributed by atoms with van der Waals surface area (Å²) in [5.74, 6) is 1.05. The van der Waals surface area contributed by atoms with E-state index in [1.54, 1.807) is 0 Å². The minimum atomic E-state index is -2.91. The molecule has 4 nitrogen and oxygen atoms in total. The third-order valence-corrected chi connectivity index (χ3v) is 4.98. The van der Waals surface area contributed by atoms with E-state index in [0.717, 1.165) is 12.0 Å². The largest absolute Gasteiger partial charge is 0.489 e. The maximum absolute atomic E-state index is 11.4. The van der Waals surface area contributed by atoms with E-state index in [1.165, 1.54) is 0 Å². The van der Waals surface area contributed by atoms with Gasteiger partial charge in [-0.05, 0) is 18.9 Å². The molecule has 0 radical (unpaired) electrons. The van der Waals surface area contributed by atoms with Gasteiger partial charge in [0.05, 0.1) is 11.5 Å². The Balaban J connectivity index is 2.15. The van der Waals surface area contributed by atoms with Crippen molar-refractivity contribution in [3.63, 3.8) is 0 Å². The monoisotopic (exact) mass is 269 g/mol. The molecule has 1 heterocycles. The van der Waals surface area contributed by atoms with Crippen LogP contribution in [0.5, 0.6) is 5.75 Å². The Kier molecular flexibility index (Phi) is 3.92. The van der Waals surface area contributed by atoms with Crippen LogP contribution < -0.4 is 10.5 Å². The lowest BCUT2D eigenvalue weighted by Gasteiger charge is -2.18. The van der Waals surface area contributed by atoms with Crippen molar-refractivity contribution in [2.24, 2.45) is 5.73 Å². The first-order chi connectivity index (χ1) is 8.52. The summed E-state index contributed by atoms with van der Waals surface area (Å²) in [6.07, 6.45) is 1.15. The molecule has 1 aromatic rings. The van der Waals surface area contributed by atoms with Gasteiger partial charge in [-0.25, -0.2) is 8.42 Å². The maximum Gasteiger partial charge on any atom is 0.154 e. The SMILES string of the molecule is CC[C@H](N)c1ccccc1OC1CCS(=O)(=O)C1. The van der Waals surface area contributed by atoms with Crippen LogP contribution in [0.4, 0.5) is 0 Å². The summed E-state index contributed by atoms with van der Waals surface area (Å²) in [7, 11) is -2.91. The molecule has 0 spiro atoms. The van der Waals surface area contributed by atoms with Crippen molar-refractivity contribution in [2.45, 2.75) is 31.9 Å². The van der Waals surface area contributed by atoms with Crippen LogP contribution in [0.25, 0.3) is 0 Å². The van der Waals surface area contributed by atoms with Crippen LogP contribution in [0, 0.1) is 0 Å². The van der Waals surface area contributed by atoms with Gasteiger partial charge < -0.3 is 10.5 Å². The van der Waals surface area contributed by atoms with E-state index in [1.807, 2.05) is 31.2 Å². The Labute approximate surface area is 108 Å². The number of hydrogen-bond donors (Lipinski definition) is 1. The van der Waals surface area contributed by atoms with Crippen LogP contribution in [-0.4, -0.2) is 26.0 Å². The molecule has 18 heavy (non-hydrogen) atoms. The van der Waals surface area contributed by atoms with Crippen molar-refractivity contribution < 1.29 is 13.2 Å². The first-order valence-electron chi connectivity index (χ1n) is 6.23. The van der Waals surface area contributed by atoms with E-state index >= 15 is 0 Å². The normalized spacial score (nSPS) is 23.8. The Morgan fingerprint density at radius 2 is 2.17 bits per heavy atom. The molecule has 2 rings (SSSR count). The highest BCUT2D eigenvalue weighted by Crippen LogP contribution is 2.28. The van der Waals surface area contributed by atoms with Gasteiger partial charge in [-0.1, -0.05) is 25.1 Å². The van der Waals surface area contributed by atoms with E-state index in [9.17, 15) is 8.42 Å². The number of para-hydroxylation sites is 1. The smallest absolute Gasteiger partial charge is 0.154 e. The molecule has 1 aliphatic rings. The van der Waals surface area contributed by atoms with Gasteiger partial charge in [0.1, 0.15) is 11.9 Å². The van der Waals surface area contributed by atoms with Crippen molar-refractivity contribution >= 4 is 9.84 Å². The molecular formula is C13H19NO3S. The van der Waals surface area contributed by atoms with E-state index in [0.29, 0.717) is 12.2 Å². The van der Waals surface area contributed by atoms with Crippen molar-refractivity contribution in [3.05, 3.63) is 29.8 Å². The second-order valence-electron chi connectivity index (χ2n) is 4.70. The molecule has 0 bridgehead atoms. The molecular weight excluding hydrogens is 250 g/mol. The van der Waals surface area contributed by atoms with Crippen LogP contribution in [0.3, 0.4) is 0 Å². The molecule has 100 valence electrons. The highest BCUT2D eigenvalue weighted by atomic mass is 32.2. The van der Waals surface area contributed by atoms with E-state index in [2.05, 4.69) is 0 Å². The third-order valence-electron chi connectivity index (χ3n) is 3.24. The standard InChI is InChI=1S/C13H19NO3S/c1-2-12(14)11-5-3-4-6-13(11)17-10-7-8-18(15,16)9-10/h3-6,10,12H,2,7-9,14H2,1H3/t10?,12-/m0/s1. The van der Waals surface area contributed by atoms with Crippen molar-refractivity contribution in [3.8, 4) is 5.75 Å². The maximum atomic E-state index is 11.4. The first-order valence-corrected chi connectivity index (χ1v) is 8.05. The fraction of sp³-hybridized carbons (Fsp3) is 0.538. The van der Waals surface area contributed by atoms with Gasteiger partial charge >= 0.3 is 0 Å². The van der Waals surface area contributed by atoms with Gasteiger partial charge in [-0.2, -0.15) is 0 Å². The van der Waals surface area contributed by atoms with Crippen LogP contribution in [-0.2, 0) is 9.84 Å². The molecule has 5 heteroatoms. The minimum Gasteiger partial charge on any atom is -0.489 e. The highest BCUT2D eigenvalue weighted by Gasteiger charge is 2.30. The average molecular weight is 269 g/mol. The Morgan fingerprint density at radius 3 is 2.78 bits per heavy atom. The molecule has 1 fully saturated rings. The summed E-state index contributed by atoms with van der Waals surface area (Å²) in [6.45, 7) is 2.02. The summed E-state index contributed by atoms with van der Waals surface area (Å²) in [5.41, 5.74) is 6.97. The minimum absolute atomic E-state index is 0.0702. The van der Waals surface area contributed by atoms with Gasteiger partial charge in [0, 0.05) is 11.6 Å². The molecule has 1 aliphatic heterocycles. The lowest BCUT2D eigenvalue weighted by atomic mass is 10.0. The van der Waals surface area contributed by atoms with Crippen LogP contribution >= 0.6 is 0 Å². The summed E-state index contributed by atoms with van der Waals surface area (Å²) >= 11 is 0. The van der Waals surface area contributed by atoms with Crippen molar-refractivity contribution in [2.75, 3.05) is 11.5 Å². The molecule has 0 aliphatic carbocycles. The molecule has 2 atom stereocenters. The molecule has 1 unspecified atom stereocenters. The van der Waals surface area contributed by atoms with E-state index < -0.39 is 9.84 Å². The number of nitrogens with two attached hydrogens (primary N) is 1.